The van der Waals surface area contributed by atoms with E-state index >= 15 is 0 Å². The van der Waals surface area contributed by atoms with Crippen LogP contribution in [-0.2, 0) is 0 Å². The van der Waals surface area contributed by atoms with E-state index in [2.05, 4.69) is 52.4 Å². The minimum absolute atomic E-state index is 0.197. The van der Waals surface area contributed by atoms with Crippen LogP contribution in [0.2, 0.25) is 0 Å². The van der Waals surface area contributed by atoms with Gasteiger partial charge in [-0.25, -0.2) is 14.4 Å². The standard InChI is InChI=1S/C28H37FN6/c1-6-7-9-20(2)27(30-5)34-16-14-33(15-17-34)26-19-25(23-11-12-24(29)21(3)18-23)31-28(32-26)35-13-8-10-22(35)4/h6-7,11-12,18-19,22H,5,8-10,13-17H2,1-4H3/b7-6-,27-20+. The summed E-state index contributed by atoms with van der Waals surface area (Å²) in [6, 6.07) is 7.67. The van der Waals surface area contributed by atoms with Crippen molar-refractivity contribution in [3.63, 3.8) is 0 Å². The van der Waals surface area contributed by atoms with E-state index in [1.165, 1.54) is 11.6 Å². The highest BCUT2D eigenvalue weighted by molar-refractivity contribution is 5.66. The minimum Gasteiger partial charge on any atom is -0.353 e. The summed E-state index contributed by atoms with van der Waals surface area (Å²) in [5, 5.41) is 0. The summed E-state index contributed by atoms with van der Waals surface area (Å²) in [5.41, 5.74) is 3.61. The van der Waals surface area contributed by atoms with Gasteiger partial charge in [0.25, 0.3) is 0 Å². The van der Waals surface area contributed by atoms with Gasteiger partial charge in [-0.2, -0.15) is 4.98 Å². The van der Waals surface area contributed by atoms with Gasteiger partial charge in [-0.15, -0.1) is 0 Å². The van der Waals surface area contributed by atoms with Crippen molar-refractivity contribution in [3.05, 3.63) is 59.2 Å². The van der Waals surface area contributed by atoms with Gasteiger partial charge in [0.15, 0.2) is 0 Å². The highest BCUT2D eigenvalue weighted by Crippen LogP contribution is 2.30. The summed E-state index contributed by atoms with van der Waals surface area (Å²) in [6.07, 6.45) is 7.39. The molecule has 0 aliphatic carbocycles. The summed E-state index contributed by atoms with van der Waals surface area (Å²) in [7, 11) is 0. The highest BCUT2D eigenvalue weighted by Gasteiger charge is 2.26. The first kappa shape index (κ1) is 24.9. The Bertz CT molecular complexity index is 1120. The molecule has 2 aliphatic rings. The maximum atomic E-state index is 13.9. The fourth-order valence-corrected chi connectivity index (χ4v) is 4.93. The molecule has 0 spiro atoms. The van der Waals surface area contributed by atoms with Crippen LogP contribution in [0, 0.1) is 12.7 Å². The summed E-state index contributed by atoms with van der Waals surface area (Å²) in [5.74, 6) is 2.48. The summed E-state index contributed by atoms with van der Waals surface area (Å²) in [6.45, 7) is 16.4. The summed E-state index contributed by atoms with van der Waals surface area (Å²) < 4.78 is 13.9. The van der Waals surface area contributed by atoms with Crippen molar-refractivity contribution in [3.8, 4) is 11.3 Å². The Balaban J connectivity index is 1.62. The Labute approximate surface area is 208 Å². The number of aryl methyl sites for hydroxylation is 1. The Morgan fingerprint density at radius 1 is 1.17 bits per heavy atom. The predicted octanol–water partition coefficient (Wildman–Crippen LogP) is 5.60. The molecule has 0 saturated carbocycles. The smallest absolute Gasteiger partial charge is 0.228 e. The Morgan fingerprint density at radius 2 is 1.94 bits per heavy atom. The molecular weight excluding hydrogens is 439 g/mol. The van der Waals surface area contributed by atoms with Crippen LogP contribution < -0.4 is 9.80 Å². The zero-order valence-electron chi connectivity index (χ0n) is 21.5. The van der Waals surface area contributed by atoms with Crippen LogP contribution in [0.1, 0.15) is 45.6 Å². The zero-order chi connectivity index (χ0) is 24.9. The molecule has 6 nitrogen and oxygen atoms in total. The molecule has 2 aliphatic heterocycles. The number of rotatable bonds is 7. The first-order chi connectivity index (χ1) is 16.9. The lowest BCUT2D eigenvalue weighted by molar-refractivity contribution is 0.314. The highest BCUT2D eigenvalue weighted by atomic mass is 19.1. The van der Waals surface area contributed by atoms with Gasteiger partial charge < -0.3 is 14.7 Å². The first-order valence-corrected chi connectivity index (χ1v) is 12.6. The molecule has 0 N–H and O–H groups in total. The molecule has 35 heavy (non-hydrogen) atoms. The lowest BCUT2D eigenvalue weighted by atomic mass is 10.1. The van der Waals surface area contributed by atoms with E-state index in [1.807, 2.05) is 25.1 Å². The largest absolute Gasteiger partial charge is 0.353 e. The van der Waals surface area contributed by atoms with Crippen molar-refractivity contribution in [2.75, 3.05) is 42.5 Å². The number of nitrogens with zero attached hydrogens (tertiary/aromatic N) is 6. The second-order valence-electron chi connectivity index (χ2n) is 9.57. The SMILES string of the molecule is C=N/C(=C(/C)C/C=C\C)N1CCN(c2cc(-c3ccc(F)c(C)c3)nc(N3CCCC3C)n2)CC1. The van der Waals surface area contributed by atoms with Crippen LogP contribution in [0.15, 0.2) is 52.8 Å². The van der Waals surface area contributed by atoms with E-state index in [4.69, 9.17) is 9.97 Å². The average molecular weight is 477 g/mol. The number of halogens is 1. The van der Waals surface area contributed by atoms with Crippen LogP contribution in [0.4, 0.5) is 16.2 Å². The minimum atomic E-state index is -0.197. The number of hydrogen-bond acceptors (Lipinski definition) is 6. The van der Waals surface area contributed by atoms with E-state index in [0.717, 1.165) is 80.8 Å². The number of piperazine rings is 1. The lowest BCUT2D eigenvalue weighted by Crippen LogP contribution is -2.46. The number of anilines is 2. The molecule has 1 atom stereocenters. The third kappa shape index (κ3) is 5.55. The topological polar surface area (TPSA) is 47.9 Å². The van der Waals surface area contributed by atoms with Crippen molar-refractivity contribution in [1.29, 1.82) is 0 Å². The van der Waals surface area contributed by atoms with Crippen molar-refractivity contribution in [1.82, 2.24) is 14.9 Å². The van der Waals surface area contributed by atoms with Gasteiger partial charge >= 0.3 is 0 Å². The molecule has 7 heteroatoms. The molecule has 0 radical (unpaired) electrons. The van der Waals surface area contributed by atoms with Crippen LogP contribution in [0.5, 0.6) is 0 Å². The number of aliphatic imine (C=N–C) groups is 1. The predicted molar refractivity (Wildman–Crippen MR) is 144 cm³/mol. The van der Waals surface area contributed by atoms with E-state index in [0.29, 0.717) is 11.6 Å². The molecule has 0 bridgehead atoms. The fraction of sp³-hybridized carbons (Fsp3) is 0.464. The van der Waals surface area contributed by atoms with Crippen molar-refractivity contribution in [2.24, 2.45) is 4.99 Å². The molecule has 3 heterocycles. The maximum absolute atomic E-state index is 13.9. The van der Waals surface area contributed by atoms with Crippen LogP contribution in [0.25, 0.3) is 11.3 Å². The number of hydrogen-bond donors (Lipinski definition) is 0. The monoisotopic (exact) mass is 476 g/mol. The van der Waals surface area contributed by atoms with E-state index in [9.17, 15) is 4.39 Å². The Hall–Kier alpha value is -3.22. The van der Waals surface area contributed by atoms with Gasteiger partial charge in [-0.3, -0.25) is 0 Å². The average Bonchev–Trinajstić information content (AvgIpc) is 3.31. The molecular formula is C28H37FN6. The van der Waals surface area contributed by atoms with Gasteiger partial charge in [0, 0.05) is 50.4 Å². The van der Waals surface area contributed by atoms with Gasteiger partial charge in [0.1, 0.15) is 17.5 Å². The van der Waals surface area contributed by atoms with Gasteiger partial charge in [0.2, 0.25) is 5.95 Å². The third-order valence-electron chi connectivity index (χ3n) is 7.06. The molecule has 1 unspecified atom stereocenters. The number of aromatic nitrogens is 2. The van der Waals surface area contributed by atoms with E-state index < -0.39 is 0 Å². The maximum Gasteiger partial charge on any atom is 0.228 e. The van der Waals surface area contributed by atoms with Gasteiger partial charge in [-0.1, -0.05) is 12.2 Å². The number of allylic oxidation sites excluding steroid dienone is 3. The fourth-order valence-electron chi connectivity index (χ4n) is 4.93. The van der Waals surface area contributed by atoms with Crippen LogP contribution >= 0.6 is 0 Å². The van der Waals surface area contributed by atoms with Crippen LogP contribution in [0.3, 0.4) is 0 Å². The molecule has 0 amide bonds. The second kappa shape index (κ2) is 11.0. The summed E-state index contributed by atoms with van der Waals surface area (Å²) >= 11 is 0. The quantitative estimate of drug-likeness (QED) is 0.385. The van der Waals surface area contributed by atoms with E-state index in [-0.39, 0.29) is 5.82 Å². The van der Waals surface area contributed by atoms with Gasteiger partial charge in [0.05, 0.1) is 5.69 Å². The van der Waals surface area contributed by atoms with Crippen LogP contribution in [-0.4, -0.2) is 60.4 Å². The molecule has 1 aromatic carbocycles. The van der Waals surface area contributed by atoms with Gasteiger partial charge in [-0.05, 0) is 83.0 Å². The Morgan fingerprint density at radius 3 is 2.57 bits per heavy atom. The number of benzene rings is 1. The molecule has 2 aromatic rings. The molecule has 4 rings (SSSR count). The van der Waals surface area contributed by atoms with Crippen molar-refractivity contribution >= 4 is 18.5 Å². The first-order valence-electron chi connectivity index (χ1n) is 12.6. The molecule has 2 fully saturated rings. The molecule has 1 aromatic heterocycles. The zero-order valence-corrected chi connectivity index (χ0v) is 21.5. The Kier molecular flexibility index (Phi) is 7.83. The normalized spacial score (nSPS) is 19.5. The lowest BCUT2D eigenvalue weighted by Gasteiger charge is -2.37. The van der Waals surface area contributed by atoms with Crippen molar-refractivity contribution in [2.45, 2.75) is 53.0 Å². The van der Waals surface area contributed by atoms with Crippen molar-refractivity contribution < 1.29 is 4.39 Å². The molecule has 2 saturated heterocycles. The summed E-state index contributed by atoms with van der Waals surface area (Å²) in [4.78, 5) is 21.2. The molecule has 186 valence electrons. The third-order valence-corrected chi connectivity index (χ3v) is 7.06. The second-order valence-corrected chi connectivity index (χ2v) is 9.57. The van der Waals surface area contributed by atoms with E-state index in [1.54, 1.807) is 6.92 Å².